The molecule has 0 nitrogen and oxygen atoms in total. The maximum atomic E-state index is 2.16. The highest BCUT2D eigenvalue weighted by molar-refractivity contribution is 5.75. The average molecular weight is 198 g/mol. The highest BCUT2D eigenvalue weighted by Crippen LogP contribution is 2.19. The molecule has 15 heavy (non-hydrogen) atoms. The molecule has 1 aromatic carbocycles. The molecule has 0 atom stereocenters. The van der Waals surface area contributed by atoms with Crippen LogP contribution in [0.3, 0.4) is 0 Å². The average Bonchev–Trinajstić information content (AvgIpc) is 2.26. The summed E-state index contributed by atoms with van der Waals surface area (Å²) in [6.45, 7) is 6.23. The summed E-state index contributed by atoms with van der Waals surface area (Å²) in [5.74, 6) is 0. The van der Waals surface area contributed by atoms with Crippen molar-refractivity contribution >= 4 is 5.57 Å². The van der Waals surface area contributed by atoms with E-state index in [0.717, 1.165) is 0 Å². The first-order valence-electron chi connectivity index (χ1n) is 5.31. The van der Waals surface area contributed by atoms with E-state index in [1.54, 1.807) is 0 Å². The van der Waals surface area contributed by atoms with Gasteiger partial charge in [0.2, 0.25) is 0 Å². The summed E-state index contributed by atoms with van der Waals surface area (Å²) in [5.41, 5.74) is 3.89. The second-order valence-corrected chi connectivity index (χ2v) is 3.44. The predicted molar refractivity (Wildman–Crippen MR) is 68.8 cm³/mol. The van der Waals surface area contributed by atoms with Crippen LogP contribution in [0.4, 0.5) is 0 Å². The van der Waals surface area contributed by atoms with E-state index >= 15 is 0 Å². The van der Waals surface area contributed by atoms with Gasteiger partial charge in [0.15, 0.2) is 0 Å². The lowest BCUT2D eigenvalue weighted by molar-refractivity contribution is 1.42. The molecule has 0 N–H and O–H groups in total. The van der Waals surface area contributed by atoms with Crippen LogP contribution in [0.5, 0.6) is 0 Å². The van der Waals surface area contributed by atoms with E-state index in [9.17, 15) is 0 Å². The van der Waals surface area contributed by atoms with Gasteiger partial charge >= 0.3 is 0 Å². The maximum Gasteiger partial charge on any atom is -0.0158 e. The van der Waals surface area contributed by atoms with Gasteiger partial charge in [0.1, 0.15) is 0 Å². The number of hydrogen-bond donors (Lipinski definition) is 0. The van der Waals surface area contributed by atoms with Crippen LogP contribution in [0.25, 0.3) is 5.57 Å². The molecule has 0 bridgehead atoms. The third-order valence-electron chi connectivity index (χ3n) is 2.35. The fourth-order valence-corrected chi connectivity index (χ4v) is 1.51. The lowest BCUT2D eigenvalue weighted by Crippen LogP contribution is -1.84. The molecule has 0 heteroatoms. The van der Waals surface area contributed by atoms with Crippen molar-refractivity contribution in [3.63, 3.8) is 0 Å². The van der Waals surface area contributed by atoms with E-state index in [2.05, 4.69) is 56.3 Å². The van der Waals surface area contributed by atoms with Gasteiger partial charge in [-0.15, -0.1) is 0 Å². The van der Waals surface area contributed by atoms with E-state index in [1.165, 1.54) is 16.7 Å². The Morgan fingerprint density at radius 1 is 1.07 bits per heavy atom. The number of aryl methyl sites for hydroxylation is 1. The topological polar surface area (TPSA) is 0 Å². The van der Waals surface area contributed by atoms with Crippen LogP contribution in [0.2, 0.25) is 0 Å². The van der Waals surface area contributed by atoms with Crippen molar-refractivity contribution in [2.45, 2.75) is 20.8 Å². The van der Waals surface area contributed by atoms with Crippen LogP contribution in [-0.2, 0) is 0 Å². The molecule has 0 unspecified atom stereocenters. The smallest absolute Gasteiger partial charge is 0.0158 e. The third-order valence-corrected chi connectivity index (χ3v) is 2.35. The highest BCUT2D eigenvalue weighted by Gasteiger charge is 1.98. The van der Waals surface area contributed by atoms with Gasteiger partial charge in [0, 0.05) is 0 Å². The van der Waals surface area contributed by atoms with Gasteiger partial charge in [0.25, 0.3) is 0 Å². The molecule has 0 aliphatic carbocycles. The summed E-state index contributed by atoms with van der Waals surface area (Å²) in [5, 5.41) is 0. The molecule has 0 spiro atoms. The summed E-state index contributed by atoms with van der Waals surface area (Å²) in [4.78, 5) is 0. The first-order valence-corrected chi connectivity index (χ1v) is 5.31. The predicted octanol–water partition coefficient (Wildman–Crippen LogP) is 4.53. The van der Waals surface area contributed by atoms with E-state index in [4.69, 9.17) is 0 Å². The second kappa shape index (κ2) is 6.02. The number of rotatable bonds is 3. The first-order chi connectivity index (χ1) is 7.29. The zero-order valence-electron chi connectivity index (χ0n) is 9.70. The minimum absolute atomic E-state index is 1.27. The van der Waals surface area contributed by atoms with Gasteiger partial charge in [0.05, 0.1) is 0 Å². The molecule has 0 heterocycles. The SMILES string of the molecule is C\C=C/C=C\C(=C/C)c1ccccc1C. The molecule has 1 aromatic rings. The first kappa shape index (κ1) is 11.5. The largest absolute Gasteiger partial charge is 0.0877 e. The normalized spacial score (nSPS) is 12.9. The van der Waals surface area contributed by atoms with Crippen molar-refractivity contribution in [1.82, 2.24) is 0 Å². The van der Waals surface area contributed by atoms with Crippen molar-refractivity contribution < 1.29 is 0 Å². The third kappa shape index (κ3) is 3.25. The standard InChI is InChI=1S/C15H18/c1-4-6-7-11-14(5-2)15-12-9-8-10-13(15)3/h4-12H,1-3H3/b6-4-,11-7-,14-5+. The zero-order valence-corrected chi connectivity index (χ0v) is 9.70. The fourth-order valence-electron chi connectivity index (χ4n) is 1.51. The van der Waals surface area contributed by atoms with Crippen LogP contribution < -0.4 is 0 Å². The van der Waals surface area contributed by atoms with Gasteiger partial charge in [-0.1, -0.05) is 54.6 Å². The van der Waals surface area contributed by atoms with Crippen LogP contribution in [0.15, 0.2) is 54.6 Å². The summed E-state index contributed by atoms with van der Waals surface area (Å²) in [6, 6.07) is 8.45. The van der Waals surface area contributed by atoms with Crippen LogP contribution in [0.1, 0.15) is 25.0 Å². The molecule has 1 rings (SSSR count). The number of allylic oxidation sites excluding steroid dienone is 6. The van der Waals surface area contributed by atoms with Gasteiger partial charge in [-0.3, -0.25) is 0 Å². The highest BCUT2D eigenvalue weighted by atomic mass is 14.0. The van der Waals surface area contributed by atoms with Gasteiger partial charge < -0.3 is 0 Å². The molecule has 0 fully saturated rings. The van der Waals surface area contributed by atoms with Crippen LogP contribution in [0, 0.1) is 6.92 Å². The summed E-state index contributed by atoms with van der Waals surface area (Å²) >= 11 is 0. The molecule has 0 aliphatic rings. The molecule has 0 radical (unpaired) electrons. The molecular weight excluding hydrogens is 180 g/mol. The molecule has 0 aliphatic heterocycles. The Morgan fingerprint density at radius 2 is 1.80 bits per heavy atom. The van der Waals surface area contributed by atoms with Gasteiger partial charge in [-0.2, -0.15) is 0 Å². The van der Waals surface area contributed by atoms with E-state index < -0.39 is 0 Å². The molecule has 78 valence electrons. The molecule has 0 saturated carbocycles. The number of hydrogen-bond acceptors (Lipinski definition) is 0. The minimum Gasteiger partial charge on any atom is -0.0877 e. The van der Waals surface area contributed by atoms with Crippen molar-refractivity contribution in [2.24, 2.45) is 0 Å². The van der Waals surface area contributed by atoms with Crippen molar-refractivity contribution in [3.05, 3.63) is 65.8 Å². The van der Waals surface area contributed by atoms with E-state index in [-0.39, 0.29) is 0 Å². The minimum atomic E-state index is 1.27. The maximum absolute atomic E-state index is 2.16. The van der Waals surface area contributed by atoms with E-state index in [1.807, 2.05) is 19.1 Å². The monoisotopic (exact) mass is 198 g/mol. The lowest BCUT2D eigenvalue weighted by atomic mass is 10.00. The summed E-state index contributed by atoms with van der Waals surface area (Å²) in [6.07, 6.45) is 10.4. The fraction of sp³-hybridized carbons (Fsp3) is 0.200. The molecular formula is C15H18. The summed E-state index contributed by atoms with van der Waals surface area (Å²) < 4.78 is 0. The Kier molecular flexibility index (Phi) is 4.62. The number of benzene rings is 1. The molecule has 0 amide bonds. The van der Waals surface area contributed by atoms with Crippen molar-refractivity contribution in [1.29, 1.82) is 0 Å². The lowest BCUT2D eigenvalue weighted by Gasteiger charge is -2.05. The molecule has 0 saturated heterocycles. The van der Waals surface area contributed by atoms with Gasteiger partial charge in [-0.05, 0) is 37.5 Å². The quantitative estimate of drug-likeness (QED) is 0.626. The van der Waals surface area contributed by atoms with Gasteiger partial charge in [-0.25, -0.2) is 0 Å². The Hall–Kier alpha value is -1.56. The zero-order chi connectivity index (χ0) is 11.1. The van der Waals surface area contributed by atoms with Crippen LogP contribution in [-0.4, -0.2) is 0 Å². The Labute approximate surface area is 92.6 Å². The van der Waals surface area contributed by atoms with Crippen molar-refractivity contribution in [2.75, 3.05) is 0 Å². The summed E-state index contributed by atoms with van der Waals surface area (Å²) in [7, 11) is 0. The molecule has 0 aromatic heterocycles. The Morgan fingerprint density at radius 3 is 2.40 bits per heavy atom. The van der Waals surface area contributed by atoms with Crippen molar-refractivity contribution in [3.8, 4) is 0 Å². The Balaban J connectivity index is 2.99. The van der Waals surface area contributed by atoms with E-state index in [0.29, 0.717) is 0 Å². The second-order valence-electron chi connectivity index (χ2n) is 3.44. The van der Waals surface area contributed by atoms with Crippen LogP contribution >= 0.6 is 0 Å². The Bertz CT molecular complexity index is 392.